The fourth-order valence-electron chi connectivity index (χ4n) is 14.4. The fourth-order valence-corrected chi connectivity index (χ4v) is 14.4. The van der Waals surface area contributed by atoms with E-state index in [0.717, 1.165) is 76.7 Å². The van der Waals surface area contributed by atoms with Crippen LogP contribution in [-0.4, -0.2) is 141 Å². The molecule has 12 rings (SSSR count). The molecule has 18 heteroatoms. The molecule has 5 saturated heterocycles. The third-order valence-corrected chi connectivity index (χ3v) is 18.6. The van der Waals surface area contributed by atoms with E-state index in [-0.39, 0.29) is 65.3 Å². The van der Waals surface area contributed by atoms with Crippen LogP contribution in [0, 0.1) is 17.8 Å². The van der Waals surface area contributed by atoms with Crippen LogP contribution in [0.4, 0.5) is 0 Å². The van der Waals surface area contributed by atoms with Gasteiger partial charge in [0.25, 0.3) is 5.91 Å². The number of rotatable bonds is 15. The zero-order chi connectivity index (χ0) is 58.3. The van der Waals surface area contributed by atoms with Crippen molar-refractivity contribution in [2.45, 2.75) is 205 Å². The lowest BCUT2D eigenvalue weighted by Crippen LogP contribution is -2.82. The predicted molar refractivity (Wildman–Crippen MR) is 304 cm³/mol. The molecule has 8 fully saturated rings. The number of fused-ring (bicyclic) bond motifs is 3. The number of ether oxygens (including phenoxy) is 8. The second-order valence-corrected chi connectivity index (χ2v) is 26.0. The summed E-state index contributed by atoms with van der Waals surface area (Å²) in [7, 11) is 0. The molecule has 4 bridgehead atoms. The van der Waals surface area contributed by atoms with Crippen LogP contribution in [0.15, 0.2) is 65.3 Å². The lowest BCUT2D eigenvalue weighted by molar-refractivity contribution is -0.373. The van der Waals surface area contributed by atoms with Crippen LogP contribution in [0.25, 0.3) is 6.08 Å². The average molecular weight is 1130 g/mol. The molecule has 0 aromatic heterocycles. The first-order valence-corrected chi connectivity index (χ1v) is 29.9. The van der Waals surface area contributed by atoms with Crippen molar-refractivity contribution in [3.8, 4) is 23.0 Å². The SMILES string of the molecule is CC(C)=CCCC1(C)C=Cc2c(c(CC=C(C)C)c3c(c2OC(=O)c2ccc(O[C@@H]4O[C@@H]5COC(C)(C)O[C@H]5[C@H](O)[C@H]4O)cc2)C(=O)C2C(NN4CCCCC4)C4CC5C(C)(C)OC(CC=C(C)C(=O)NN6CCCCC6)(C4=O)C25O3)O1. The van der Waals surface area contributed by atoms with Gasteiger partial charge in [-0.3, -0.25) is 25.2 Å². The van der Waals surface area contributed by atoms with E-state index in [9.17, 15) is 19.8 Å². The molecule has 10 aliphatic rings. The number of nitrogens with one attached hydrogen (secondary N) is 2. The lowest BCUT2D eigenvalue weighted by Gasteiger charge is -2.63. The summed E-state index contributed by atoms with van der Waals surface area (Å²) in [6, 6.07) is 5.37. The van der Waals surface area contributed by atoms with Gasteiger partial charge in [-0.25, -0.2) is 14.8 Å². The number of aliphatic hydroxyl groups is 2. The summed E-state index contributed by atoms with van der Waals surface area (Å²) < 4.78 is 52.8. The van der Waals surface area contributed by atoms with E-state index in [0.29, 0.717) is 35.3 Å². The molecule has 3 aliphatic carbocycles. The summed E-state index contributed by atoms with van der Waals surface area (Å²) in [6.45, 7) is 22.3. The van der Waals surface area contributed by atoms with Crippen LogP contribution in [0.3, 0.4) is 0 Å². The Bertz CT molecular complexity index is 2960. The third-order valence-electron chi connectivity index (χ3n) is 18.6. The minimum absolute atomic E-state index is 0.0246. The Morgan fingerprint density at radius 2 is 1.51 bits per heavy atom. The number of esters is 1. The molecule has 7 aliphatic heterocycles. The van der Waals surface area contributed by atoms with Gasteiger partial charge in [0.05, 0.1) is 29.3 Å². The molecule has 7 heterocycles. The van der Waals surface area contributed by atoms with Crippen molar-refractivity contribution in [1.82, 2.24) is 20.9 Å². The minimum Gasteiger partial charge on any atom is -0.482 e. The maximum atomic E-state index is 16.8. The van der Waals surface area contributed by atoms with E-state index in [1.165, 1.54) is 29.8 Å². The number of ketones is 2. The van der Waals surface area contributed by atoms with Crippen molar-refractivity contribution in [3.05, 3.63) is 87.5 Å². The topological polar surface area (TPSA) is 213 Å². The summed E-state index contributed by atoms with van der Waals surface area (Å²) in [5.74, 6) is -3.97. The van der Waals surface area contributed by atoms with E-state index in [1.807, 2.05) is 51.8 Å². The molecular weight excluding hydrogens is 1050 g/mol. The van der Waals surface area contributed by atoms with Crippen LogP contribution < -0.4 is 29.8 Å². The van der Waals surface area contributed by atoms with Gasteiger partial charge >= 0.3 is 5.97 Å². The maximum absolute atomic E-state index is 16.8. The molecule has 0 radical (unpaired) electrons. The zero-order valence-electron chi connectivity index (χ0n) is 49.4. The quantitative estimate of drug-likeness (QED) is 0.0572. The Hall–Kier alpha value is -5.28. The highest BCUT2D eigenvalue weighted by Gasteiger charge is 2.85. The number of nitrogens with zero attached hydrogens (tertiary/aromatic N) is 2. The molecule has 12 atom stereocenters. The number of piperidine rings is 2. The fraction of sp³-hybridized carbons (Fsp3) is 0.625. The molecule has 2 aromatic carbocycles. The first-order chi connectivity index (χ1) is 38.9. The number of amides is 1. The molecule has 18 nitrogen and oxygen atoms in total. The Morgan fingerprint density at radius 1 is 0.829 bits per heavy atom. The number of Topliss-reactive ketones (excluding diaryl/α,β-unsaturated/α-hetero) is 2. The largest absolute Gasteiger partial charge is 0.482 e. The average Bonchev–Trinajstić information content (AvgIpc) is 1.37. The van der Waals surface area contributed by atoms with Gasteiger partial charge in [-0.1, -0.05) is 42.2 Å². The normalized spacial score (nSPS) is 34.3. The number of hydrogen-bond acceptors (Lipinski definition) is 17. The number of hydrogen-bond donors (Lipinski definition) is 4. The third kappa shape index (κ3) is 10.5. The molecule has 3 saturated carbocycles. The molecule has 82 heavy (non-hydrogen) atoms. The summed E-state index contributed by atoms with van der Waals surface area (Å²) >= 11 is 0. The number of benzene rings is 2. The van der Waals surface area contributed by atoms with E-state index in [2.05, 4.69) is 41.9 Å². The number of carbonyl (C=O) groups excluding carboxylic acids is 4. The van der Waals surface area contributed by atoms with Gasteiger partial charge in [-0.2, -0.15) is 0 Å². The van der Waals surface area contributed by atoms with Crippen molar-refractivity contribution < 1.29 is 67.3 Å². The smallest absolute Gasteiger partial charge is 0.343 e. The molecule has 1 amide bonds. The van der Waals surface area contributed by atoms with Crippen molar-refractivity contribution in [1.29, 1.82) is 0 Å². The predicted octanol–water partition coefficient (Wildman–Crippen LogP) is 8.21. The Labute approximate surface area is 481 Å². The first kappa shape index (κ1) is 58.5. The van der Waals surface area contributed by atoms with E-state index < -0.39 is 88.7 Å². The molecule has 7 unspecified atom stereocenters. The molecule has 1 spiro atoms. The number of aliphatic hydroxyl groups excluding tert-OH is 2. The summed E-state index contributed by atoms with van der Waals surface area (Å²) in [5, 5.41) is 26.3. The number of carbonyl (C=O) groups is 4. The van der Waals surface area contributed by atoms with Gasteiger partial charge in [-0.05, 0) is 157 Å². The Kier molecular flexibility index (Phi) is 15.9. The Balaban J connectivity index is 1.02. The number of allylic oxidation sites excluding steroid dienone is 4. The van der Waals surface area contributed by atoms with E-state index in [1.54, 1.807) is 26.8 Å². The van der Waals surface area contributed by atoms with Crippen LogP contribution in [0.2, 0.25) is 0 Å². The van der Waals surface area contributed by atoms with Gasteiger partial charge in [0.2, 0.25) is 6.29 Å². The monoisotopic (exact) mass is 1130 g/mol. The van der Waals surface area contributed by atoms with Gasteiger partial charge in [0.1, 0.15) is 52.8 Å². The van der Waals surface area contributed by atoms with Gasteiger partial charge < -0.3 is 48.1 Å². The van der Waals surface area contributed by atoms with Crippen LogP contribution >= 0.6 is 0 Å². The lowest BCUT2D eigenvalue weighted by atomic mass is 9.45. The van der Waals surface area contributed by atoms with Gasteiger partial charge in [-0.15, -0.1) is 0 Å². The molecule has 2 aromatic rings. The van der Waals surface area contributed by atoms with Crippen molar-refractivity contribution in [2.24, 2.45) is 17.8 Å². The molecule has 444 valence electrons. The first-order valence-electron chi connectivity index (χ1n) is 29.9. The van der Waals surface area contributed by atoms with E-state index >= 15 is 9.59 Å². The van der Waals surface area contributed by atoms with Crippen LogP contribution in [0.1, 0.15) is 165 Å². The van der Waals surface area contributed by atoms with Crippen molar-refractivity contribution in [3.63, 3.8) is 0 Å². The van der Waals surface area contributed by atoms with Crippen molar-refractivity contribution in [2.75, 3.05) is 32.8 Å². The van der Waals surface area contributed by atoms with Crippen molar-refractivity contribution >= 4 is 29.5 Å². The minimum atomic E-state index is -1.72. The second kappa shape index (κ2) is 22.3. The highest BCUT2D eigenvalue weighted by Crippen LogP contribution is 2.70. The zero-order valence-corrected chi connectivity index (χ0v) is 49.4. The Morgan fingerprint density at radius 3 is 2.20 bits per heavy atom. The van der Waals surface area contributed by atoms with Crippen LogP contribution in [0.5, 0.6) is 23.0 Å². The molecular formula is C64H84N4O14. The standard InChI is InChI=1S/C64H84N4O14/c1-36(2)18-17-27-62(10)28-26-42-52(80-62)41(24-19-37(3)4)54-46(53(42)78-58(74)39-20-22-40(23-21-39)76-59-51(71)50(70)55-44(77-59)35-75-61(8,9)79-55)49(69)47-48(65-67-30-13-11-14-31-67)43-34-45-60(6,7)82-63(56(43)72,64(45,47)81-54)29-25-38(5)57(73)66-68-32-15-12-16-33-68/h18-23,25-26,28,43-45,47-48,50-51,55,59,65,70-71H,11-17,24,27,29-35H2,1-10H3,(H,66,73)/t43?,44-,45?,47?,48?,50-,51-,55-,59-,62?,63?,64?/m1/s1. The van der Waals surface area contributed by atoms with Gasteiger partial charge in [0.15, 0.2) is 34.3 Å². The summed E-state index contributed by atoms with van der Waals surface area (Å²) in [4.78, 5) is 61.7. The second-order valence-electron chi connectivity index (χ2n) is 26.0. The summed E-state index contributed by atoms with van der Waals surface area (Å²) in [6.07, 6.45) is 12.2. The molecule has 4 N–H and O–H groups in total. The van der Waals surface area contributed by atoms with Gasteiger partial charge in [0, 0.05) is 61.6 Å². The number of hydrazine groups is 2. The van der Waals surface area contributed by atoms with E-state index in [4.69, 9.17) is 37.9 Å². The summed E-state index contributed by atoms with van der Waals surface area (Å²) in [5.41, 5.74) is 5.47. The van der Waals surface area contributed by atoms with Crippen LogP contribution in [-0.2, 0) is 35.0 Å². The highest BCUT2D eigenvalue weighted by molar-refractivity contribution is 6.11. The maximum Gasteiger partial charge on any atom is 0.343 e. The highest BCUT2D eigenvalue weighted by atomic mass is 16.8.